The maximum atomic E-state index is 14.5. The van der Waals surface area contributed by atoms with Crippen LogP contribution in [0.1, 0.15) is 107 Å². The number of carboxylic acid groups (broad SMARTS) is 1. The maximum absolute atomic E-state index is 14.5. The average Bonchev–Trinajstić information content (AvgIpc) is 2.98. The molecule has 2 N–H and O–H groups in total. The van der Waals surface area contributed by atoms with E-state index in [1.807, 2.05) is 13.8 Å². The number of carboxylic acids is 1. The number of Topliss-reactive ketones (excluding diaryl/α,β-unsaturated/α-hetero) is 2. The zero-order valence-electron chi connectivity index (χ0n) is 25.9. The molecule has 5 aliphatic rings. The van der Waals surface area contributed by atoms with Crippen LogP contribution in [0.25, 0.3) is 0 Å². The van der Waals surface area contributed by atoms with Crippen molar-refractivity contribution < 1.29 is 34.1 Å². The second-order valence-electron chi connectivity index (χ2n) is 15.7. The number of ketones is 2. The smallest absolute Gasteiger partial charge is 0.306 e. The third-order valence-electron chi connectivity index (χ3n) is 12.6. The molecule has 5 rings (SSSR count). The predicted octanol–water partition coefficient (Wildman–Crippen LogP) is 5.72. The summed E-state index contributed by atoms with van der Waals surface area (Å²) in [7, 11) is 0. The van der Waals surface area contributed by atoms with Crippen LogP contribution in [0.3, 0.4) is 0 Å². The van der Waals surface area contributed by atoms with Gasteiger partial charge in [-0.25, -0.2) is 0 Å². The first-order valence-electron chi connectivity index (χ1n) is 15.4. The molecule has 0 aromatic heterocycles. The Hall–Kier alpha value is -1.57. The van der Waals surface area contributed by atoms with Crippen molar-refractivity contribution in [3.63, 3.8) is 0 Å². The van der Waals surface area contributed by atoms with Gasteiger partial charge in [0, 0.05) is 30.3 Å². The van der Waals surface area contributed by atoms with Gasteiger partial charge >= 0.3 is 5.97 Å². The van der Waals surface area contributed by atoms with Gasteiger partial charge in [-0.3, -0.25) is 14.4 Å². The largest absolute Gasteiger partial charge is 0.481 e. The molecule has 0 aromatic carbocycles. The monoisotopic (exact) mass is 558 g/mol. The number of aliphatic hydroxyl groups excluding tert-OH is 1. The molecule has 10 atom stereocenters. The molecule has 2 saturated carbocycles. The maximum Gasteiger partial charge on any atom is 0.306 e. The number of carbonyl (C=O) groups is 3. The van der Waals surface area contributed by atoms with E-state index >= 15 is 0 Å². The Kier molecular flexibility index (Phi) is 6.89. The Labute approximate surface area is 239 Å². The van der Waals surface area contributed by atoms with Crippen molar-refractivity contribution in [3.8, 4) is 0 Å². The Bertz CT molecular complexity index is 1150. The van der Waals surface area contributed by atoms with Crippen molar-refractivity contribution in [1.29, 1.82) is 0 Å². The summed E-state index contributed by atoms with van der Waals surface area (Å²) in [6, 6.07) is 0. The van der Waals surface area contributed by atoms with Gasteiger partial charge < -0.3 is 19.7 Å². The summed E-state index contributed by atoms with van der Waals surface area (Å²) in [5.41, 5.74) is 0.478. The molecule has 224 valence electrons. The van der Waals surface area contributed by atoms with Gasteiger partial charge in [-0.05, 0) is 79.1 Å². The van der Waals surface area contributed by atoms with Crippen molar-refractivity contribution in [2.24, 2.45) is 45.3 Å². The lowest BCUT2D eigenvalue weighted by Crippen LogP contribution is -2.60. The summed E-state index contributed by atoms with van der Waals surface area (Å²) in [6.07, 6.45) is 2.77. The highest BCUT2D eigenvalue weighted by Crippen LogP contribution is 2.73. The van der Waals surface area contributed by atoms with Crippen LogP contribution in [-0.4, -0.2) is 51.8 Å². The fourth-order valence-electron chi connectivity index (χ4n) is 10.3. The zero-order chi connectivity index (χ0) is 29.8. The number of ether oxygens (including phenoxy) is 2. The van der Waals surface area contributed by atoms with E-state index in [4.69, 9.17) is 9.47 Å². The number of aliphatic carboxylic acids is 1. The van der Waals surface area contributed by atoms with Gasteiger partial charge in [-0.15, -0.1) is 0 Å². The fraction of sp³-hybridized carbons (Fsp3) is 0.848. The van der Waals surface area contributed by atoms with E-state index in [0.717, 1.165) is 30.4 Å². The number of aliphatic hydroxyl groups is 1. The van der Waals surface area contributed by atoms with Crippen molar-refractivity contribution in [2.75, 3.05) is 0 Å². The normalized spacial score (nSPS) is 44.8. The number of fused-ring (bicyclic) bond motifs is 2. The number of carbonyl (C=O) groups excluding carboxylic acids is 2. The SMILES string of the molecule is C[C@H](CC(=O)C[C@H](C)C(=O)O)[C@H]1C[C@@H]2OC(C)(C)O[C@H]3C[C@@H]4C(C)(C)[C@@H](O)CC[C@]4(C)C4=C3[C@@]2(C)[C@]1(C)CC4=O. The van der Waals surface area contributed by atoms with Gasteiger partial charge in [0.1, 0.15) is 5.78 Å². The van der Waals surface area contributed by atoms with Crippen LogP contribution in [0.5, 0.6) is 0 Å². The molecule has 0 amide bonds. The number of allylic oxidation sites excluding steroid dienone is 1. The van der Waals surface area contributed by atoms with Crippen LogP contribution in [0.2, 0.25) is 0 Å². The second-order valence-corrected chi connectivity index (χ2v) is 15.7. The predicted molar refractivity (Wildman–Crippen MR) is 150 cm³/mol. The van der Waals surface area contributed by atoms with E-state index in [9.17, 15) is 24.6 Å². The molecular weight excluding hydrogens is 508 g/mol. The highest BCUT2D eigenvalue weighted by atomic mass is 16.7. The third-order valence-corrected chi connectivity index (χ3v) is 12.6. The standard InChI is InChI=1S/C33H50O7/c1-17(12-19(34)13-18(2)28(37)38)20-14-25-33(9)27-22(39-30(5,6)40-25)15-23-29(3,4)24(36)10-11-31(23,7)26(27)21(35)16-32(20,33)8/h17-18,20,22-25,36H,10-16H2,1-9H3,(H,37,38)/t17-,18+,20-,22+,23-,24+,25+,31+,32-,33+/m1/s1. The first-order chi connectivity index (χ1) is 18.3. The van der Waals surface area contributed by atoms with E-state index in [1.54, 1.807) is 6.92 Å². The van der Waals surface area contributed by atoms with E-state index in [1.165, 1.54) is 0 Å². The molecule has 1 saturated heterocycles. The Morgan fingerprint density at radius 2 is 1.65 bits per heavy atom. The van der Waals surface area contributed by atoms with Crippen molar-refractivity contribution in [3.05, 3.63) is 11.1 Å². The Morgan fingerprint density at radius 1 is 1.00 bits per heavy atom. The summed E-state index contributed by atoms with van der Waals surface area (Å²) in [5, 5.41) is 20.4. The number of hydrogen-bond acceptors (Lipinski definition) is 6. The lowest BCUT2D eigenvalue weighted by atomic mass is 9.42. The van der Waals surface area contributed by atoms with Crippen LogP contribution in [-0.2, 0) is 23.9 Å². The minimum absolute atomic E-state index is 0.0148. The fourth-order valence-corrected chi connectivity index (χ4v) is 10.3. The zero-order valence-corrected chi connectivity index (χ0v) is 25.9. The minimum atomic E-state index is -0.954. The van der Waals surface area contributed by atoms with E-state index < -0.39 is 34.6 Å². The van der Waals surface area contributed by atoms with Gasteiger partial charge in [0.2, 0.25) is 0 Å². The molecule has 4 aliphatic carbocycles. The molecular formula is C33H50O7. The topological polar surface area (TPSA) is 110 Å². The number of hydrogen-bond donors (Lipinski definition) is 2. The lowest BCUT2D eigenvalue weighted by molar-refractivity contribution is -0.251. The van der Waals surface area contributed by atoms with Crippen molar-refractivity contribution in [1.82, 2.24) is 0 Å². The molecule has 7 nitrogen and oxygen atoms in total. The molecule has 0 bridgehead atoms. The second kappa shape index (κ2) is 9.21. The molecule has 40 heavy (non-hydrogen) atoms. The summed E-state index contributed by atoms with van der Waals surface area (Å²) in [6.45, 7) is 18.6. The van der Waals surface area contributed by atoms with E-state index in [-0.39, 0.29) is 58.8 Å². The highest BCUT2D eigenvalue weighted by molar-refractivity contribution is 6.00. The van der Waals surface area contributed by atoms with Crippen LogP contribution in [0.15, 0.2) is 11.1 Å². The summed E-state index contributed by atoms with van der Waals surface area (Å²) in [4.78, 5) is 38.8. The van der Waals surface area contributed by atoms with Gasteiger partial charge in [0.15, 0.2) is 11.6 Å². The quantitative estimate of drug-likeness (QED) is 0.429. The molecule has 3 fully saturated rings. The molecule has 0 aromatic rings. The first-order valence-corrected chi connectivity index (χ1v) is 15.4. The van der Waals surface area contributed by atoms with Crippen LogP contribution >= 0.6 is 0 Å². The van der Waals surface area contributed by atoms with Crippen LogP contribution < -0.4 is 0 Å². The molecule has 1 aliphatic heterocycles. The number of rotatable bonds is 6. The highest BCUT2D eigenvalue weighted by Gasteiger charge is 2.72. The molecule has 0 spiro atoms. The van der Waals surface area contributed by atoms with Gasteiger partial charge in [0.25, 0.3) is 0 Å². The summed E-state index contributed by atoms with van der Waals surface area (Å²) < 4.78 is 13.6. The molecule has 7 heteroatoms. The molecule has 0 unspecified atom stereocenters. The Morgan fingerprint density at radius 3 is 2.27 bits per heavy atom. The average molecular weight is 559 g/mol. The Balaban J connectivity index is 1.61. The summed E-state index contributed by atoms with van der Waals surface area (Å²) >= 11 is 0. The van der Waals surface area contributed by atoms with Gasteiger partial charge in [-0.1, -0.05) is 48.5 Å². The van der Waals surface area contributed by atoms with Crippen molar-refractivity contribution >= 4 is 17.5 Å². The summed E-state index contributed by atoms with van der Waals surface area (Å²) in [5.74, 6) is -2.22. The first kappa shape index (κ1) is 29.9. The molecule has 0 radical (unpaired) electrons. The van der Waals surface area contributed by atoms with Crippen LogP contribution in [0, 0.1) is 45.3 Å². The van der Waals surface area contributed by atoms with Crippen LogP contribution in [0.4, 0.5) is 0 Å². The molecule has 1 heterocycles. The minimum Gasteiger partial charge on any atom is -0.481 e. The van der Waals surface area contributed by atoms with E-state index in [0.29, 0.717) is 19.3 Å². The van der Waals surface area contributed by atoms with Gasteiger partial charge in [-0.2, -0.15) is 0 Å². The van der Waals surface area contributed by atoms with Crippen molar-refractivity contribution in [2.45, 2.75) is 131 Å². The van der Waals surface area contributed by atoms with E-state index in [2.05, 4.69) is 41.5 Å². The lowest BCUT2D eigenvalue weighted by Gasteiger charge is -2.62. The third kappa shape index (κ3) is 4.04. The van der Waals surface area contributed by atoms with Gasteiger partial charge in [0.05, 0.1) is 24.2 Å².